The Kier molecular flexibility index (Phi) is 3.88. The van der Waals surface area contributed by atoms with Gasteiger partial charge < -0.3 is 5.73 Å². The van der Waals surface area contributed by atoms with E-state index < -0.39 is 5.67 Å². The van der Waals surface area contributed by atoms with E-state index in [4.69, 9.17) is 5.73 Å². The highest BCUT2D eigenvalue weighted by Gasteiger charge is 2.26. The van der Waals surface area contributed by atoms with Gasteiger partial charge in [0.05, 0.1) is 3.79 Å². The summed E-state index contributed by atoms with van der Waals surface area (Å²) in [4.78, 5) is 1.04. The Morgan fingerprint density at radius 2 is 2.31 bits per heavy atom. The summed E-state index contributed by atoms with van der Waals surface area (Å²) >= 11 is 4.91. The van der Waals surface area contributed by atoms with E-state index in [1.165, 1.54) is 0 Å². The van der Waals surface area contributed by atoms with Gasteiger partial charge in [-0.15, -0.1) is 11.3 Å². The lowest BCUT2D eigenvalue weighted by molar-refractivity contribution is 0.168. The lowest BCUT2D eigenvalue weighted by Gasteiger charge is -2.20. The molecule has 13 heavy (non-hydrogen) atoms. The molecule has 0 fully saturated rings. The topological polar surface area (TPSA) is 26.0 Å². The van der Waals surface area contributed by atoms with Crippen molar-refractivity contribution in [2.75, 3.05) is 6.54 Å². The van der Waals surface area contributed by atoms with Crippen molar-refractivity contribution in [1.29, 1.82) is 0 Å². The SMILES string of the molecule is CCC(F)(CN)Cc1ccc(Br)s1. The quantitative estimate of drug-likeness (QED) is 0.890. The first-order valence-corrected chi connectivity index (χ1v) is 5.84. The van der Waals surface area contributed by atoms with Crippen molar-refractivity contribution >= 4 is 27.3 Å². The fourth-order valence-electron chi connectivity index (χ4n) is 1.10. The maximum atomic E-state index is 13.8. The van der Waals surface area contributed by atoms with Gasteiger partial charge in [-0.1, -0.05) is 6.92 Å². The third-order valence-corrected chi connectivity index (χ3v) is 3.74. The van der Waals surface area contributed by atoms with Crippen molar-refractivity contribution < 1.29 is 4.39 Å². The Hall–Kier alpha value is 0.0700. The Balaban J connectivity index is 2.67. The lowest BCUT2D eigenvalue weighted by atomic mass is 9.98. The molecule has 0 spiro atoms. The van der Waals surface area contributed by atoms with Crippen LogP contribution in [0.1, 0.15) is 18.2 Å². The van der Waals surface area contributed by atoms with Gasteiger partial charge >= 0.3 is 0 Å². The van der Waals surface area contributed by atoms with Gasteiger partial charge in [-0.25, -0.2) is 4.39 Å². The molecule has 4 heteroatoms. The predicted molar refractivity (Wildman–Crippen MR) is 58.9 cm³/mol. The molecule has 1 nitrogen and oxygen atoms in total. The lowest BCUT2D eigenvalue weighted by Crippen LogP contribution is -2.34. The Labute approximate surface area is 90.3 Å². The molecule has 1 aromatic rings. The Bertz CT molecular complexity index is 270. The monoisotopic (exact) mass is 265 g/mol. The van der Waals surface area contributed by atoms with Crippen molar-refractivity contribution in [1.82, 2.24) is 0 Å². The van der Waals surface area contributed by atoms with Crippen LogP contribution in [-0.4, -0.2) is 12.2 Å². The maximum Gasteiger partial charge on any atom is 0.127 e. The molecular formula is C9H13BrFNS. The number of hydrogen-bond acceptors (Lipinski definition) is 2. The van der Waals surface area contributed by atoms with Gasteiger partial charge in [-0.05, 0) is 34.5 Å². The Morgan fingerprint density at radius 1 is 1.62 bits per heavy atom. The van der Waals surface area contributed by atoms with E-state index in [1.54, 1.807) is 11.3 Å². The van der Waals surface area contributed by atoms with Crippen LogP contribution >= 0.6 is 27.3 Å². The summed E-state index contributed by atoms with van der Waals surface area (Å²) in [6.07, 6.45) is 0.898. The van der Waals surface area contributed by atoms with E-state index in [2.05, 4.69) is 15.9 Å². The average Bonchev–Trinajstić information content (AvgIpc) is 2.51. The fraction of sp³-hybridized carbons (Fsp3) is 0.556. The summed E-state index contributed by atoms with van der Waals surface area (Å²) in [6, 6.07) is 3.88. The van der Waals surface area contributed by atoms with Crippen molar-refractivity contribution in [3.05, 3.63) is 20.8 Å². The largest absolute Gasteiger partial charge is 0.328 e. The smallest absolute Gasteiger partial charge is 0.127 e. The van der Waals surface area contributed by atoms with E-state index >= 15 is 0 Å². The number of nitrogens with two attached hydrogens (primary N) is 1. The molecule has 0 amide bonds. The summed E-state index contributed by atoms with van der Waals surface area (Å²) in [5.74, 6) is 0. The molecule has 0 aliphatic rings. The minimum absolute atomic E-state index is 0.0962. The van der Waals surface area contributed by atoms with Crippen LogP contribution in [0.2, 0.25) is 0 Å². The summed E-state index contributed by atoms with van der Waals surface area (Å²) in [5.41, 5.74) is 4.16. The van der Waals surface area contributed by atoms with Gasteiger partial charge in [-0.2, -0.15) is 0 Å². The van der Waals surface area contributed by atoms with Crippen LogP contribution in [0.4, 0.5) is 4.39 Å². The summed E-state index contributed by atoms with van der Waals surface area (Å²) in [5, 5.41) is 0. The molecule has 0 saturated heterocycles. The van der Waals surface area contributed by atoms with Crippen molar-refractivity contribution in [3.63, 3.8) is 0 Å². The van der Waals surface area contributed by atoms with E-state index in [9.17, 15) is 4.39 Å². The molecule has 1 aromatic heterocycles. The van der Waals surface area contributed by atoms with Gasteiger partial charge in [0.25, 0.3) is 0 Å². The first kappa shape index (κ1) is 11.1. The van der Waals surface area contributed by atoms with Crippen LogP contribution in [0.15, 0.2) is 15.9 Å². The number of thiophene rings is 1. The van der Waals surface area contributed by atoms with Crippen molar-refractivity contribution in [3.8, 4) is 0 Å². The summed E-state index contributed by atoms with van der Waals surface area (Å²) in [7, 11) is 0. The zero-order chi connectivity index (χ0) is 9.90. The normalized spacial score (nSPS) is 15.7. The minimum Gasteiger partial charge on any atom is -0.328 e. The zero-order valence-corrected chi connectivity index (χ0v) is 9.92. The van der Waals surface area contributed by atoms with Crippen LogP contribution in [0, 0.1) is 0 Å². The number of hydrogen-bond donors (Lipinski definition) is 1. The molecule has 0 radical (unpaired) electrons. The molecule has 0 saturated carbocycles. The van der Waals surface area contributed by atoms with Crippen LogP contribution in [0.3, 0.4) is 0 Å². The molecule has 0 aromatic carbocycles. The van der Waals surface area contributed by atoms with E-state index in [0.717, 1.165) is 8.66 Å². The molecule has 74 valence electrons. The van der Waals surface area contributed by atoms with Gasteiger partial charge in [0.2, 0.25) is 0 Å². The molecule has 0 aliphatic heterocycles. The molecule has 1 unspecified atom stereocenters. The highest BCUT2D eigenvalue weighted by atomic mass is 79.9. The van der Waals surface area contributed by atoms with Gasteiger partial charge in [0.1, 0.15) is 5.67 Å². The van der Waals surface area contributed by atoms with Crippen molar-refractivity contribution in [2.24, 2.45) is 5.73 Å². The second-order valence-electron chi connectivity index (χ2n) is 3.09. The second-order valence-corrected chi connectivity index (χ2v) is 5.64. The summed E-state index contributed by atoms with van der Waals surface area (Å²) < 4.78 is 14.9. The maximum absolute atomic E-state index is 13.8. The Morgan fingerprint density at radius 3 is 2.69 bits per heavy atom. The zero-order valence-electron chi connectivity index (χ0n) is 7.52. The highest BCUT2D eigenvalue weighted by Crippen LogP contribution is 2.28. The predicted octanol–water partition coefficient (Wildman–Crippen LogP) is 3.13. The standard InChI is InChI=1S/C9H13BrFNS/c1-2-9(11,6-12)5-7-3-4-8(10)13-7/h3-4H,2,5-6,12H2,1H3. The molecule has 0 bridgehead atoms. The van der Waals surface area contributed by atoms with Crippen LogP contribution < -0.4 is 5.73 Å². The van der Waals surface area contributed by atoms with E-state index in [0.29, 0.717) is 12.8 Å². The first-order chi connectivity index (χ1) is 6.09. The van der Waals surface area contributed by atoms with E-state index in [1.807, 2.05) is 19.1 Å². The van der Waals surface area contributed by atoms with Gasteiger partial charge in [0, 0.05) is 17.8 Å². The van der Waals surface area contributed by atoms with Gasteiger partial charge in [0.15, 0.2) is 0 Å². The molecule has 1 rings (SSSR count). The second kappa shape index (κ2) is 4.53. The average molecular weight is 266 g/mol. The molecule has 1 heterocycles. The minimum atomic E-state index is -1.23. The van der Waals surface area contributed by atoms with Crippen LogP contribution in [0.5, 0.6) is 0 Å². The van der Waals surface area contributed by atoms with Crippen molar-refractivity contribution in [2.45, 2.75) is 25.4 Å². The van der Waals surface area contributed by atoms with E-state index in [-0.39, 0.29) is 6.54 Å². The molecular weight excluding hydrogens is 253 g/mol. The number of halogens is 2. The number of alkyl halides is 1. The third kappa shape index (κ3) is 3.04. The molecule has 1 atom stereocenters. The fourth-order valence-corrected chi connectivity index (χ4v) is 2.71. The van der Waals surface area contributed by atoms with Crippen LogP contribution in [0.25, 0.3) is 0 Å². The highest BCUT2D eigenvalue weighted by molar-refractivity contribution is 9.11. The first-order valence-electron chi connectivity index (χ1n) is 4.23. The third-order valence-electron chi connectivity index (χ3n) is 2.12. The number of rotatable bonds is 4. The molecule has 2 N–H and O–H groups in total. The van der Waals surface area contributed by atoms with Gasteiger partial charge in [-0.3, -0.25) is 0 Å². The van der Waals surface area contributed by atoms with Crippen LogP contribution in [-0.2, 0) is 6.42 Å². The molecule has 0 aliphatic carbocycles. The summed E-state index contributed by atoms with van der Waals surface area (Å²) in [6.45, 7) is 1.93.